The molecular weight excluding hydrogens is 366 g/mol. The van der Waals surface area contributed by atoms with E-state index in [9.17, 15) is 14.9 Å². The third-order valence-electron chi connectivity index (χ3n) is 3.69. The Kier molecular flexibility index (Phi) is 5.07. The van der Waals surface area contributed by atoms with E-state index >= 15 is 0 Å². The summed E-state index contributed by atoms with van der Waals surface area (Å²) in [7, 11) is 1.44. The van der Waals surface area contributed by atoms with Crippen LogP contribution in [0.15, 0.2) is 48.7 Å². The molecule has 1 aliphatic heterocycles. The Hall–Kier alpha value is -2.32. The average Bonchev–Trinajstić information content (AvgIpc) is 2.85. The summed E-state index contributed by atoms with van der Waals surface area (Å²) >= 11 is 0. The van der Waals surface area contributed by atoms with E-state index in [-0.39, 0.29) is 28.6 Å². The number of fused-ring (bicyclic) bond motifs is 1. The summed E-state index contributed by atoms with van der Waals surface area (Å²) in [5.74, 6) is 0.384. The molecule has 2 aromatic rings. The summed E-state index contributed by atoms with van der Waals surface area (Å²) in [6.07, 6.45) is 0.994. The number of halogens is 1. The molecule has 2 heterocycles. The van der Waals surface area contributed by atoms with Gasteiger partial charge in [0.05, 0.1) is 16.7 Å². The summed E-state index contributed by atoms with van der Waals surface area (Å²) in [6, 6.07) is 11.0. The lowest BCUT2D eigenvalue weighted by atomic mass is 10.00. The van der Waals surface area contributed by atoms with Gasteiger partial charge in [0.2, 0.25) is 6.04 Å². The van der Waals surface area contributed by atoms with Gasteiger partial charge in [-0.05, 0) is 12.1 Å². The maximum absolute atomic E-state index is 12.3. The van der Waals surface area contributed by atoms with Crippen LogP contribution in [0.5, 0.6) is 0 Å². The molecule has 1 N–H and O–H groups in total. The Bertz CT molecular complexity index is 753. The van der Waals surface area contributed by atoms with Crippen molar-refractivity contribution in [2.24, 2.45) is 0 Å². The minimum absolute atomic E-state index is 0. The number of pyridine rings is 1. The number of nitro groups is 1. The van der Waals surface area contributed by atoms with Crippen LogP contribution in [0, 0.1) is 10.1 Å². The van der Waals surface area contributed by atoms with Gasteiger partial charge in [-0.3, -0.25) is 10.1 Å². The first-order valence-electron chi connectivity index (χ1n) is 6.70. The molecule has 8 heteroatoms. The van der Waals surface area contributed by atoms with Crippen molar-refractivity contribution in [1.29, 1.82) is 0 Å². The molecule has 7 nitrogen and oxygen atoms in total. The number of amides is 1. The van der Waals surface area contributed by atoms with Gasteiger partial charge in [0.1, 0.15) is 6.10 Å². The molecule has 0 radical (unpaired) electrons. The van der Waals surface area contributed by atoms with Gasteiger partial charge in [0, 0.05) is 19.2 Å². The Morgan fingerprint density at radius 2 is 1.96 bits per heavy atom. The first kappa shape index (κ1) is 17.0. The molecule has 0 bridgehead atoms. The van der Waals surface area contributed by atoms with E-state index in [2.05, 4.69) is 5.32 Å². The molecule has 0 spiro atoms. The molecule has 0 saturated carbocycles. The molecule has 0 fully saturated rings. The predicted octanol–water partition coefficient (Wildman–Crippen LogP) is -1.23. The van der Waals surface area contributed by atoms with Crippen LogP contribution in [0.2, 0.25) is 0 Å². The lowest BCUT2D eigenvalue weighted by Gasteiger charge is -2.18. The number of carbonyl (C=O) groups excluding carboxylic acids is 1. The molecular formula is C15H14BrN3O4. The van der Waals surface area contributed by atoms with Crippen molar-refractivity contribution in [2.45, 2.75) is 12.1 Å². The highest BCUT2D eigenvalue weighted by atomic mass is 79.9. The first-order chi connectivity index (χ1) is 10.6. The average molecular weight is 380 g/mol. The van der Waals surface area contributed by atoms with E-state index in [0.717, 1.165) is 0 Å². The highest BCUT2D eigenvalue weighted by molar-refractivity contribution is 5.94. The van der Waals surface area contributed by atoms with Gasteiger partial charge in [-0.25, -0.2) is 14.7 Å². The molecule has 2 atom stereocenters. The van der Waals surface area contributed by atoms with Crippen LogP contribution in [-0.2, 0) is 9.53 Å². The van der Waals surface area contributed by atoms with Crippen LogP contribution in [-0.4, -0.2) is 17.9 Å². The number of benzene rings is 1. The number of rotatable bonds is 4. The van der Waals surface area contributed by atoms with Crippen molar-refractivity contribution in [3.8, 4) is 0 Å². The number of hydrogen-bond acceptors (Lipinski definition) is 4. The van der Waals surface area contributed by atoms with Gasteiger partial charge in [0.15, 0.2) is 0 Å². The van der Waals surface area contributed by atoms with Crippen molar-refractivity contribution in [1.82, 2.24) is 0 Å². The standard InChI is InChI=1S/C15H13N3O4.BrH/c1-22-14(10-6-2-3-7-11(10)18(20)21)13-15(19)16-12-8-4-5-9-17(12)13;/h2-9,13-14H,1H3;1H/t13-,14-;/m1./s1. The zero-order chi connectivity index (χ0) is 15.7. The minimum Gasteiger partial charge on any atom is -1.00 e. The van der Waals surface area contributed by atoms with Crippen LogP contribution in [0.4, 0.5) is 11.5 Å². The van der Waals surface area contributed by atoms with Gasteiger partial charge in [0.25, 0.3) is 11.5 Å². The number of ether oxygens (including phenoxy) is 1. The predicted molar refractivity (Wildman–Crippen MR) is 77.2 cm³/mol. The lowest BCUT2D eigenvalue weighted by molar-refractivity contribution is -0.697. The van der Waals surface area contributed by atoms with Crippen molar-refractivity contribution in [3.63, 3.8) is 0 Å². The highest BCUT2D eigenvalue weighted by Gasteiger charge is 2.46. The number of nitrogens with zero attached hydrogens (tertiary/aromatic N) is 2. The number of hydrogen-bond donors (Lipinski definition) is 1. The Balaban J connectivity index is 0.00000192. The van der Waals surface area contributed by atoms with E-state index < -0.39 is 17.1 Å². The van der Waals surface area contributed by atoms with E-state index in [1.54, 1.807) is 47.2 Å². The third kappa shape index (κ3) is 2.95. The number of carbonyl (C=O) groups is 1. The molecule has 120 valence electrons. The van der Waals surface area contributed by atoms with Gasteiger partial charge in [-0.15, -0.1) is 0 Å². The zero-order valence-corrected chi connectivity index (χ0v) is 13.8. The smallest absolute Gasteiger partial charge is 0.355 e. The highest BCUT2D eigenvalue weighted by Crippen LogP contribution is 2.35. The number of para-hydroxylation sites is 1. The third-order valence-corrected chi connectivity index (χ3v) is 3.69. The van der Waals surface area contributed by atoms with Crippen molar-refractivity contribution in [3.05, 3.63) is 64.3 Å². The van der Waals surface area contributed by atoms with Gasteiger partial charge >= 0.3 is 5.91 Å². The number of anilines is 1. The van der Waals surface area contributed by atoms with Gasteiger partial charge in [-0.2, -0.15) is 0 Å². The first-order valence-corrected chi connectivity index (χ1v) is 6.70. The number of aromatic nitrogens is 1. The van der Waals surface area contributed by atoms with Crippen LogP contribution >= 0.6 is 0 Å². The molecule has 1 amide bonds. The molecule has 1 aliphatic rings. The fraction of sp³-hybridized carbons (Fsp3) is 0.200. The second-order valence-electron chi connectivity index (χ2n) is 4.90. The topological polar surface area (TPSA) is 85.3 Å². The second kappa shape index (κ2) is 6.84. The van der Waals surface area contributed by atoms with Crippen LogP contribution < -0.4 is 26.9 Å². The minimum atomic E-state index is -0.754. The van der Waals surface area contributed by atoms with E-state index in [0.29, 0.717) is 11.4 Å². The van der Waals surface area contributed by atoms with Gasteiger partial charge in [-0.1, -0.05) is 18.2 Å². The molecule has 23 heavy (non-hydrogen) atoms. The second-order valence-corrected chi connectivity index (χ2v) is 4.90. The summed E-state index contributed by atoms with van der Waals surface area (Å²) in [5, 5.41) is 14.0. The molecule has 1 aromatic carbocycles. The van der Waals surface area contributed by atoms with E-state index in [4.69, 9.17) is 4.74 Å². The Morgan fingerprint density at radius 1 is 1.26 bits per heavy atom. The monoisotopic (exact) mass is 379 g/mol. The Morgan fingerprint density at radius 3 is 2.65 bits per heavy atom. The molecule has 0 saturated heterocycles. The fourth-order valence-corrected chi connectivity index (χ4v) is 2.73. The number of methoxy groups -OCH3 is 1. The van der Waals surface area contributed by atoms with Crippen LogP contribution in [0.1, 0.15) is 17.7 Å². The van der Waals surface area contributed by atoms with Crippen LogP contribution in [0.25, 0.3) is 0 Å². The Labute approximate surface area is 142 Å². The largest absolute Gasteiger partial charge is 1.00 e. The van der Waals surface area contributed by atoms with Crippen molar-refractivity contribution >= 4 is 17.4 Å². The summed E-state index contributed by atoms with van der Waals surface area (Å²) < 4.78 is 7.18. The SMILES string of the molecule is CO[C@H](c1ccccc1[N+](=O)[O-])[C@@H]1C(=O)Nc2cccc[n+]21.[Br-]. The molecule has 3 rings (SSSR count). The zero-order valence-electron chi connectivity index (χ0n) is 12.2. The maximum Gasteiger partial charge on any atom is 0.355 e. The summed E-state index contributed by atoms with van der Waals surface area (Å²) in [4.78, 5) is 23.1. The molecule has 0 aliphatic carbocycles. The quantitative estimate of drug-likeness (QED) is 0.409. The van der Waals surface area contributed by atoms with Crippen molar-refractivity contribution in [2.75, 3.05) is 12.4 Å². The maximum atomic E-state index is 12.3. The number of nitro benzene ring substituents is 1. The van der Waals surface area contributed by atoms with Crippen molar-refractivity contribution < 1.29 is 36.0 Å². The normalized spacial score (nSPS) is 16.9. The van der Waals surface area contributed by atoms with Gasteiger partial charge < -0.3 is 21.7 Å². The fourth-order valence-electron chi connectivity index (χ4n) is 2.73. The molecule has 0 unspecified atom stereocenters. The van der Waals surface area contributed by atoms with E-state index in [1.807, 2.05) is 0 Å². The summed E-state index contributed by atoms with van der Waals surface area (Å²) in [5.41, 5.74) is 0.312. The lowest BCUT2D eigenvalue weighted by Crippen LogP contribution is -3.00. The number of nitrogens with one attached hydrogen (secondary N) is 1. The summed E-state index contributed by atoms with van der Waals surface area (Å²) in [6.45, 7) is 0. The molecule has 1 aromatic heterocycles. The van der Waals surface area contributed by atoms with Crippen LogP contribution in [0.3, 0.4) is 0 Å². The van der Waals surface area contributed by atoms with E-state index in [1.165, 1.54) is 13.2 Å².